The molecule has 0 aromatic carbocycles. The molecule has 5 aliphatic rings. The Hall–Kier alpha value is -0.345. The van der Waals surface area contributed by atoms with Crippen molar-refractivity contribution < 1.29 is 14.6 Å². The summed E-state index contributed by atoms with van der Waals surface area (Å²) in [6.07, 6.45) is 10.1. The van der Waals surface area contributed by atoms with E-state index in [0.29, 0.717) is 23.5 Å². The number of hydrogen-bond acceptors (Lipinski definition) is 3. The van der Waals surface area contributed by atoms with E-state index in [1.807, 2.05) is 14.0 Å². The zero-order chi connectivity index (χ0) is 19.9. The molecule has 0 amide bonds. The fourth-order valence-electron chi connectivity index (χ4n) is 9.58. The Labute approximate surface area is 171 Å². The Morgan fingerprint density at radius 1 is 1.11 bits per heavy atom. The van der Waals surface area contributed by atoms with Gasteiger partial charge < -0.3 is 14.6 Å². The van der Waals surface area contributed by atoms with E-state index < -0.39 is 5.60 Å². The number of hydrogen-bond donors (Lipinski definition) is 1. The van der Waals surface area contributed by atoms with Gasteiger partial charge in [-0.05, 0) is 111 Å². The molecule has 0 saturated heterocycles. The summed E-state index contributed by atoms with van der Waals surface area (Å²) < 4.78 is 5.87. The van der Waals surface area contributed by atoms with E-state index in [4.69, 9.17) is 4.74 Å². The molecule has 5 aliphatic carbocycles. The zero-order valence-electron chi connectivity index (χ0n) is 18.4. The lowest BCUT2D eigenvalue weighted by Crippen LogP contribution is -2.59. The molecule has 0 aliphatic heterocycles. The van der Waals surface area contributed by atoms with Crippen LogP contribution in [0.5, 0.6) is 0 Å². The lowest BCUT2D eigenvalue weighted by Gasteiger charge is -2.63. The fourth-order valence-corrected chi connectivity index (χ4v) is 9.58. The molecule has 0 aromatic heterocycles. The van der Waals surface area contributed by atoms with Crippen LogP contribution in [0.25, 0.3) is 0 Å². The molecular formula is C24H39BO3. The molecule has 3 unspecified atom stereocenters. The molecule has 156 valence electrons. The average molecular weight is 386 g/mol. The highest BCUT2D eigenvalue weighted by atomic mass is 16.5. The minimum Gasteiger partial charge on any atom is -0.390 e. The minimum atomic E-state index is -0.495. The van der Waals surface area contributed by atoms with Crippen LogP contribution in [0.1, 0.15) is 65.2 Å². The molecule has 0 bridgehead atoms. The van der Waals surface area contributed by atoms with Crippen LogP contribution >= 0.6 is 0 Å². The van der Waals surface area contributed by atoms with Gasteiger partial charge in [-0.15, -0.1) is 0 Å². The first-order chi connectivity index (χ1) is 13.3. The summed E-state index contributed by atoms with van der Waals surface area (Å²) in [6.45, 7) is 5.39. The van der Waals surface area contributed by atoms with E-state index >= 15 is 0 Å². The first kappa shape index (κ1) is 19.6. The van der Waals surface area contributed by atoms with Crippen LogP contribution in [0.4, 0.5) is 0 Å². The first-order valence-corrected chi connectivity index (χ1v) is 12.0. The molecule has 3 nitrogen and oxygen atoms in total. The van der Waals surface area contributed by atoms with E-state index in [2.05, 4.69) is 14.8 Å². The molecule has 10 atom stereocenters. The third-order valence-corrected chi connectivity index (χ3v) is 10.5. The van der Waals surface area contributed by atoms with Gasteiger partial charge in [0, 0.05) is 13.0 Å². The molecule has 0 radical (unpaired) electrons. The maximum absolute atomic E-state index is 12.9. The first-order valence-electron chi connectivity index (χ1n) is 12.0. The van der Waals surface area contributed by atoms with Crippen LogP contribution in [0, 0.1) is 52.3 Å². The van der Waals surface area contributed by atoms with Crippen LogP contribution in [0.15, 0.2) is 0 Å². The number of ether oxygens (including phenoxy) is 1. The summed E-state index contributed by atoms with van der Waals surface area (Å²) in [4.78, 5) is 12.9. The highest BCUT2D eigenvalue weighted by Crippen LogP contribution is 2.76. The SMILES string of the molecule is BCC(=O)C1C2CC2[C@H]2[C@@H]3CC[C@@H]4C[C@](C)(O)CC[C@]4(COC)[C@H]3CC[C@]12C. The fraction of sp³-hybridized carbons (Fsp3) is 0.958. The van der Waals surface area contributed by atoms with E-state index in [-0.39, 0.29) is 10.8 Å². The number of fused-ring (bicyclic) bond motifs is 7. The summed E-state index contributed by atoms with van der Waals surface area (Å²) in [7, 11) is 3.94. The van der Waals surface area contributed by atoms with Gasteiger partial charge in [0.1, 0.15) is 13.6 Å². The Kier molecular flexibility index (Phi) is 4.43. The summed E-state index contributed by atoms with van der Waals surface area (Å²) in [5, 5.41) is 10.8. The van der Waals surface area contributed by atoms with Crippen molar-refractivity contribution in [3.05, 3.63) is 0 Å². The maximum Gasteiger partial charge on any atom is 0.129 e. The molecule has 1 N–H and O–H groups in total. The molecule has 0 heterocycles. The van der Waals surface area contributed by atoms with Crippen LogP contribution in [0.3, 0.4) is 0 Å². The Morgan fingerprint density at radius 3 is 2.61 bits per heavy atom. The molecule has 28 heavy (non-hydrogen) atoms. The van der Waals surface area contributed by atoms with Gasteiger partial charge in [0.25, 0.3) is 0 Å². The van der Waals surface area contributed by atoms with Crippen LogP contribution in [0.2, 0.25) is 6.32 Å². The van der Waals surface area contributed by atoms with E-state index in [1.54, 1.807) is 0 Å². The number of ketones is 1. The van der Waals surface area contributed by atoms with Crippen molar-refractivity contribution in [1.82, 2.24) is 0 Å². The quantitative estimate of drug-likeness (QED) is 0.753. The molecular weight excluding hydrogens is 347 g/mol. The van der Waals surface area contributed by atoms with Gasteiger partial charge in [0.05, 0.1) is 12.2 Å². The second kappa shape index (κ2) is 6.33. The van der Waals surface area contributed by atoms with Gasteiger partial charge in [-0.1, -0.05) is 6.92 Å². The number of carbonyl (C=O) groups is 1. The minimum absolute atomic E-state index is 0.253. The molecule has 0 aromatic rings. The van der Waals surface area contributed by atoms with Gasteiger partial charge in [0.15, 0.2) is 0 Å². The van der Waals surface area contributed by atoms with Crippen molar-refractivity contribution in [3.63, 3.8) is 0 Å². The van der Waals surface area contributed by atoms with Crippen molar-refractivity contribution in [2.75, 3.05) is 13.7 Å². The molecule has 4 heteroatoms. The van der Waals surface area contributed by atoms with Crippen molar-refractivity contribution in [2.24, 2.45) is 52.3 Å². The van der Waals surface area contributed by atoms with Crippen LogP contribution in [-0.2, 0) is 9.53 Å². The predicted molar refractivity (Wildman–Crippen MR) is 113 cm³/mol. The third kappa shape index (κ3) is 2.52. The molecule has 5 rings (SSSR count). The maximum atomic E-state index is 12.9. The van der Waals surface area contributed by atoms with Crippen LogP contribution < -0.4 is 0 Å². The molecule has 0 spiro atoms. The predicted octanol–water partition coefficient (Wildman–Crippen LogP) is 3.50. The monoisotopic (exact) mass is 386 g/mol. The summed E-state index contributed by atoms with van der Waals surface area (Å²) in [6, 6.07) is 0. The standard InChI is InChI=1S/C24H39BO3/c1-22(27)8-9-24(13-28-3)14(11-22)4-5-15-18(24)6-7-23(2)20(15)16-10-17(16)21(23)19(26)12-25/h14-18,20-21,27H,4-13,25H2,1-3H3/t14-,15-,16?,17?,18+,20-,21?,22-,23+,24-/m1/s1. The lowest BCUT2D eigenvalue weighted by molar-refractivity contribution is -0.179. The van der Waals surface area contributed by atoms with Gasteiger partial charge in [-0.25, -0.2) is 0 Å². The van der Waals surface area contributed by atoms with Crippen molar-refractivity contribution in [3.8, 4) is 0 Å². The van der Waals surface area contributed by atoms with Gasteiger partial charge in [0.2, 0.25) is 0 Å². The Balaban J connectivity index is 1.48. The van der Waals surface area contributed by atoms with E-state index in [1.165, 1.54) is 32.1 Å². The number of aliphatic hydroxyl groups is 1. The highest BCUT2D eigenvalue weighted by Gasteiger charge is 2.72. The Morgan fingerprint density at radius 2 is 1.89 bits per heavy atom. The lowest BCUT2D eigenvalue weighted by atomic mass is 9.42. The van der Waals surface area contributed by atoms with E-state index in [0.717, 1.165) is 55.9 Å². The van der Waals surface area contributed by atoms with E-state index in [9.17, 15) is 9.90 Å². The van der Waals surface area contributed by atoms with Gasteiger partial charge >= 0.3 is 0 Å². The van der Waals surface area contributed by atoms with Crippen LogP contribution in [-0.4, -0.2) is 38.1 Å². The second-order valence-corrected chi connectivity index (χ2v) is 11.8. The summed E-state index contributed by atoms with van der Waals surface area (Å²) >= 11 is 0. The largest absolute Gasteiger partial charge is 0.390 e. The van der Waals surface area contributed by atoms with Crippen molar-refractivity contribution >= 4 is 13.6 Å². The topological polar surface area (TPSA) is 46.5 Å². The second-order valence-electron chi connectivity index (χ2n) is 11.8. The third-order valence-electron chi connectivity index (χ3n) is 10.5. The number of rotatable bonds is 4. The van der Waals surface area contributed by atoms with Gasteiger partial charge in [-0.3, -0.25) is 0 Å². The smallest absolute Gasteiger partial charge is 0.129 e. The molecule has 5 fully saturated rings. The van der Waals surface area contributed by atoms with Crippen molar-refractivity contribution in [2.45, 2.75) is 77.1 Å². The van der Waals surface area contributed by atoms with Crippen molar-refractivity contribution in [1.29, 1.82) is 0 Å². The Bertz CT molecular complexity index is 662. The number of Topliss-reactive ketones (excluding diaryl/α,β-unsaturated/α-hetero) is 1. The highest BCUT2D eigenvalue weighted by molar-refractivity contribution is 6.20. The molecule has 5 saturated carbocycles. The summed E-state index contributed by atoms with van der Waals surface area (Å²) in [5.41, 5.74) is 0.0209. The van der Waals surface area contributed by atoms with Gasteiger partial charge in [-0.2, -0.15) is 0 Å². The normalized spacial score (nSPS) is 56.9. The number of methoxy groups -OCH3 is 1. The zero-order valence-corrected chi connectivity index (χ0v) is 18.4. The number of carbonyl (C=O) groups excluding carboxylic acids is 1. The summed E-state index contributed by atoms with van der Waals surface area (Å²) in [5.74, 6) is 5.28. The average Bonchev–Trinajstić information content (AvgIpc) is 3.35.